The lowest BCUT2D eigenvalue weighted by molar-refractivity contribution is -0.145. The average molecular weight is 637 g/mol. The number of alkyl carbamates (subject to hydrolysis) is 1. The Bertz CT molecular complexity index is 1470. The lowest BCUT2D eigenvalue weighted by atomic mass is 9.78. The van der Waals surface area contributed by atoms with Crippen LogP contribution in [-0.2, 0) is 30.5 Å². The first kappa shape index (κ1) is 34.2. The minimum atomic E-state index is -1.23. The van der Waals surface area contributed by atoms with Gasteiger partial charge >= 0.3 is 12.1 Å². The van der Waals surface area contributed by atoms with E-state index in [0.717, 1.165) is 28.3 Å². The Balaban J connectivity index is 1.47. The summed E-state index contributed by atoms with van der Waals surface area (Å²) in [5.74, 6) is -0.984. The van der Waals surface area contributed by atoms with E-state index in [1.54, 1.807) is 27.0 Å². The predicted octanol–water partition coefficient (Wildman–Crippen LogP) is 6.83. The highest BCUT2D eigenvalue weighted by atomic mass is 28.3. The van der Waals surface area contributed by atoms with Gasteiger partial charge in [-0.2, -0.15) is 0 Å². The van der Waals surface area contributed by atoms with Crippen molar-refractivity contribution in [2.45, 2.75) is 90.5 Å². The Labute approximate surface area is 267 Å². The number of pyridine rings is 1. The molecular formula is C34H48N4O6Si. The molecule has 1 atom stereocenters. The third-order valence-corrected chi connectivity index (χ3v) is 9.79. The third-order valence-electron chi connectivity index (χ3n) is 8.08. The lowest BCUT2D eigenvalue weighted by Gasteiger charge is -2.32. The van der Waals surface area contributed by atoms with Crippen LogP contribution in [0.5, 0.6) is 0 Å². The summed E-state index contributed by atoms with van der Waals surface area (Å²) in [4.78, 5) is 43.2. The molecule has 2 N–H and O–H groups in total. The second-order valence-corrected chi connectivity index (χ2v) is 19.6. The van der Waals surface area contributed by atoms with Crippen LogP contribution in [0.15, 0.2) is 48.7 Å². The van der Waals surface area contributed by atoms with Gasteiger partial charge in [0, 0.05) is 32.2 Å². The number of ether oxygens (including phenoxy) is 3. The van der Waals surface area contributed by atoms with E-state index in [-0.39, 0.29) is 17.7 Å². The summed E-state index contributed by atoms with van der Waals surface area (Å²) in [7, 11) is 0.0688. The van der Waals surface area contributed by atoms with E-state index >= 15 is 0 Å². The molecule has 1 saturated carbocycles. The normalized spacial score (nSPS) is 17.8. The van der Waals surface area contributed by atoms with Gasteiger partial charge in [0.1, 0.15) is 24.0 Å². The SMILES string of the molecule is COC(=O)[C@@H](NC(=O)OC(C)(C)C)[C@H]1CC[C@H](C(=O)Nc2ccnc3c2cc(-c2ccccc2)n3COCC[Si](C)(C)C)CC1. The summed E-state index contributed by atoms with van der Waals surface area (Å²) >= 11 is 0. The number of hydrogen-bond acceptors (Lipinski definition) is 7. The number of amides is 2. The molecule has 0 saturated heterocycles. The number of esters is 1. The molecule has 1 aliphatic rings. The predicted molar refractivity (Wildman–Crippen MR) is 179 cm³/mol. The first-order valence-electron chi connectivity index (χ1n) is 15.8. The van der Waals surface area contributed by atoms with Gasteiger partial charge in [-0.25, -0.2) is 14.6 Å². The van der Waals surface area contributed by atoms with Crippen LogP contribution in [0, 0.1) is 11.8 Å². The molecule has 11 heteroatoms. The number of benzene rings is 1. The number of nitrogens with zero attached hydrogens (tertiary/aromatic N) is 2. The highest BCUT2D eigenvalue weighted by molar-refractivity contribution is 6.76. The molecule has 1 fully saturated rings. The molecule has 3 aromatic rings. The number of rotatable bonds is 11. The van der Waals surface area contributed by atoms with Crippen molar-refractivity contribution >= 4 is 42.8 Å². The molecule has 4 rings (SSSR count). The van der Waals surface area contributed by atoms with E-state index in [4.69, 9.17) is 14.2 Å². The smallest absolute Gasteiger partial charge is 0.408 e. The largest absolute Gasteiger partial charge is 0.467 e. The zero-order chi connectivity index (χ0) is 32.8. The van der Waals surface area contributed by atoms with Gasteiger partial charge in [-0.1, -0.05) is 50.0 Å². The van der Waals surface area contributed by atoms with Gasteiger partial charge in [-0.15, -0.1) is 0 Å². The van der Waals surface area contributed by atoms with Crippen LogP contribution < -0.4 is 10.6 Å². The molecule has 0 bridgehead atoms. The van der Waals surface area contributed by atoms with Gasteiger partial charge in [0.25, 0.3) is 0 Å². The topological polar surface area (TPSA) is 121 Å². The molecule has 0 radical (unpaired) electrons. The highest BCUT2D eigenvalue weighted by Gasteiger charge is 2.37. The van der Waals surface area contributed by atoms with Crippen LogP contribution in [-0.4, -0.2) is 61.0 Å². The fraction of sp³-hybridized carbons (Fsp3) is 0.529. The number of carbonyl (C=O) groups excluding carboxylic acids is 3. The van der Waals surface area contributed by atoms with Crippen molar-refractivity contribution in [1.82, 2.24) is 14.9 Å². The molecule has 1 aromatic carbocycles. The van der Waals surface area contributed by atoms with Crippen LogP contribution in [0.4, 0.5) is 10.5 Å². The second-order valence-electron chi connectivity index (χ2n) is 14.0. The van der Waals surface area contributed by atoms with Gasteiger partial charge < -0.3 is 29.4 Å². The number of carbonyl (C=O) groups is 3. The van der Waals surface area contributed by atoms with Gasteiger partial charge in [-0.3, -0.25) is 4.79 Å². The first-order valence-corrected chi connectivity index (χ1v) is 19.5. The van der Waals surface area contributed by atoms with Crippen LogP contribution in [0.2, 0.25) is 25.7 Å². The van der Waals surface area contributed by atoms with E-state index in [0.29, 0.717) is 44.7 Å². The van der Waals surface area contributed by atoms with Crippen LogP contribution in [0.1, 0.15) is 46.5 Å². The summed E-state index contributed by atoms with van der Waals surface area (Å²) < 4.78 is 18.6. The van der Waals surface area contributed by atoms with Crippen LogP contribution in [0.25, 0.3) is 22.3 Å². The van der Waals surface area contributed by atoms with Gasteiger partial charge in [0.2, 0.25) is 5.91 Å². The quantitative estimate of drug-likeness (QED) is 0.135. The maximum atomic E-state index is 13.5. The van der Waals surface area contributed by atoms with Crippen molar-refractivity contribution in [2.75, 3.05) is 19.0 Å². The Hall–Kier alpha value is -3.70. The van der Waals surface area contributed by atoms with Gasteiger partial charge in [0.15, 0.2) is 0 Å². The van der Waals surface area contributed by atoms with Gasteiger partial charge in [-0.05, 0) is 76.1 Å². The minimum absolute atomic E-state index is 0.0731. The first-order chi connectivity index (χ1) is 21.3. The number of aromatic nitrogens is 2. The maximum absolute atomic E-state index is 13.5. The number of hydrogen-bond donors (Lipinski definition) is 2. The number of methoxy groups -OCH3 is 1. The molecule has 2 heterocycles. The summed E-state index contributed by atoms with van der Waals surface area (Å²) in [5, 5.41) is 6.70. The van der Waals surface area contributed by atoms with Crippen molar-refractivity contribution in [3.05, 3.63) is 48.7 Å². The summed E-state index contributed by atoms with van der Waals surface area (Å²) in [6.45, 7) is 13.3. The fourth-order valence-corrected chi connectivity index (χ4v) is 6.41. The summed E-state index contributed by atoms with van der Waals surface area (Å²) in [5.41, 5.74) is 2.77. The fourth-order valence-electron chi connectivity index (χ4n) is 5.65. The Morgan fingerprint density at radius 1 is 1.04 bits per heavy atom. The van der Waals surface area contributed by atoms with E-state index in [1.165, 1.54) is 7.11 Å². The number of anilines is 1. The average Bonchev–Trinajstić information content (AvgIpc) is 3.36. The molecule has 2 aromatic heterocycles. The maximum Gasteiger partial charge on any atom is 0.408 e. The monoisotopic (exact) mass is 636 g/mol. The van der Waals surface area contributed by atoms with Crippen molar-refractivity contribution in [1.29, 1.82) is 0 Å². The third kappa shape index (κ3) is 9.40. The van der Waals surface area contributed by atoms with E-state index in [9.17, 15) is 14.4 Å². The minimum Gasteiger partial charge on any atom is -0.467 e. The zero-order valence-electron chi connectivity index (χ0n) is 27.6. The molecular weight excluding hydrogens is 588 g/mol. The number of nitrogens with one attached hydrogen (secondary N) is 2. The van der Waals surface area contributed by atoms with Crippen molar-refractivity contribution in [3.8, 4) is 11.3 Å². The Morgan fingerprint density at radius 3 is 2.36 bits per heavy atom. The Morgan fingerprint density at radius 2 is 1.73 bits per heavy atom. The zero-order valence-corrected chi connectivity index (χ0v) is 28.6. The molecule has 2 amide bonds. The molecule has 45 heavy (non-hydrogen) atoms. The van der Waals surface area contributed by atoms with Crippen molar-refractivity contribution in [3.63, 3.8) is 0 Å². The number of fused-ring (bicyclic) bond motifs is 1. The Kier molecular flexibility index (Phi) is 11.1. The summed E-state index contributed by atoms with van der Waals surface area (Å²) in [6.07, 6.45) is 3.38. The molecule has 0 aliphatic heterocycles. The van der Waals surface area contributed by atoms with Gasteiger partial charge in [0.05, 0.1) is 18.5 Å². The lowest BCUT2D eigenvalue weighted by Crippen LogP contribution is -2.49. The van der Waals surface area contributed by atoms with Crippen molar-refractivity contribution in [2.24, 2.45) is 11.8 Å². The molecule has 10 nitrogen and oxygen atoms in total. The molecule has 1 aliphatic carbocycles. The summed E-state index contributed by atoms with van der Waals surface area (Å²) in [6, 6.07) is 14.2. The molecule has 244 valence electrons. The highest BCUT2D eigenvalue weighted by Crippen LogP contribution is 2.35. The van der Waals surface area contributed by atoms with E-state index < -0.39 is 31.8 Å². The van der Waals surface area contributed by atoms with Crippen LogP contribution >= 0.6 is 0 Å². The van der Waals surface area contributed by atoms with Crippen molar-refractivity contribution < 1.29 is 28.6 Å². The molecule has 0 spiro atoms. The second kappa shape index (κ2) is 14.6. The van der Waals surface area contributed by atoms with E-state index in [2.05, 4.69) is 58.0 Å². The standard InChI is InChI=1S/C34H48N4O6Si/c1-34(2,3)44-33(41)37-29(32(40)42-4)24-13-15-25(16-14-24)31(39)36-27-17-18-35-30-26(27)21-28(23-11-9-8-10-12-23)38(30)22-43-19-20-45(5,6)7/h8-12,17-18,21,24-25,29H,13-16,19-20,22H2,1-7H3,(H,37,41)(H,35,36,39)/t24-,25-,29-/m0/s1. The van der Waals surface area contributed by atoms with E-state index in [1.807, 2.05) is 24.3 Å². The molecule has 0 unspecified atom stereocenters. The van der Waals surface area contributed by atoms with Crippen LogP contribution in [0.3, 0.4) is 0 Å².